The summed E-state index contributed by atoms with van der Waals surface area (Å²) in [5, 5.41) is 0.600. The second kappa shape index (κ2) is 4.93. The zero-order valence-electron chi connectivity index (χ0n) is 8.53. The molecule has 1 aliphatic rings. The summed E-state index contributed by atoms with van der Waals surface area (Å²) in [4.78, 5) is 12.8. The third kappa shape index (κ3) is 2.11. The molecule has 86 valence electrons. The van der Waals surface area contributed by atoms with Crippen LogP contribution in [0.5, 0.6) is 5.75 Å². The standard InChI is InChI=1S/C11H11Cl2NO2/c12-4-1-5-14-9-3-2-8(13)6-10(9)16-11(14)7-15/h2-3,6-7,11H,1,4-5H2. The minimum absolute atomic E-state index is 0.559. The second-order valence-corrected chi connectivity index (χ2v) is 4.31. The van der Waals surface area contributed by atoms with Crippen LogP contribution in [0.3, 0.4) is 0 Å². The van der Waals surface area contributed by atoms with Crippen molar-refractivity contribution in [3.63, 3.8) is 0 Å². The van der Waals surface area contributed by atoms with Gasteiger partial charge in [-0.05, 0) is 18.6 Å². The highest BCUT2D eigenvalue weighted by molar-refractivity contribution is 6.30. The lowest BCUT2D eigenvalue weighted by Crippen LogP contribution is -2.36. The van der Waals surface area contributed by atoms with Crippen LogP contribution in [-0.2, 0) is 4.79 Å². The number of nitrogens with zero attached hydrogens (tertiary/aromatic N) is 1. The lowest BCUT2D eigenvalue weighted by Gasteiger charge is -2.20. The molecule has 0 fully saturated rings. The van der Waals surface area contributed by atoms with Gasteiger partial charge in [-0.25, -0.2) is 0 Å². The van der Waals surface area contributed by atoms with Crippen LogP contribution in [0.2, 0.25) is 5.02 Å². The molecule has 0 aliphatic carbocycles. The van der Waals surface area contributed by atoms with Gasteiger partial charge in [-0.3, -0.25) is 4.79 Å². The summed E-state index contributed by atoms with van der Waals surface area (Å²) in [6.45, 7) is 0.696. The van der Waals surface area contributed by atoms with E-state index in [9.17, 15) is 4.79 Å². The fraction of sp³-hybridized carbons (Fsp3) is 0.364. The lowest BCUT2D eigenvalue weighted by molar-refractivity contribution is -0.113. The summed E-state index contributed by atoms with van der Waals surface area (Å²) in [7, 11) is 0. The van der Waals surface area contributed by atoms with Gasteiger partial charge in [-0.15, -0.1) is 11.6 Å². The minimum atomic E-state index is -0.559. The van der Waals surface area contributed by atoms with Crippen LogP contribution in [-0.4, -0.2) is 24.9 Å². The molecule has 0 saturated carbocycles. The number of aldehydes is 1. The summed E-state index contributed by atoms with van der Waals surface area (Å²) < 4.78 is 5.48. The number of carbonyl (C=O) groups is 1. The Bertz CT molecular complexity index is 398. The maximum atomic E-state index is 10.9. The number of halogens is 2. The van der Waals surface area contributed by atoms with E-state index in [0.717, 1.165) is 18.4 Å². The first-order valence-electron chi connectivity index (χ1n) is 5.00. The van der Waals surface area contributed by atoms with Crippen molar-refractivity contribution in [2.45, 2.75) is 12.6 Å². The number of fused-ring (bicyclic) bond motifs is 1. The van der Waals surface area contributed by atoms with E-state index in [-0.39, 0.29) is 0 Å². The van der Waals surface area contributed by atoms with Crippen LogP contribution >= 0.6 is 23.2 Å². The minimum Gasteiger partial charge on any atom is -0.461 e. The SMILES string of the molecule is O=CC1Oc2cc(Cl)ccc2N1CCCCl. The van der Waals surface area contributed by atoms with E-state index in [4.69, 9.17) is 27.9 Å². The van der Waals surface area contributed by atoms with Gasteiger partial charge in [0.1, 0.15) is 5.75 Å². The van der Waals surface area contributed by atoms with Crippen molar-refractivity contribution in [1.82, 2.24) is 0 Å². The average molecular weight is 260 g/mol. The number of ether oxygens (including phenoxy) is 1. The molecule has 1 aromatic carbocycles. The van der Waals surface area contributed by atoms with Crippen LogP contribution in [0.4, 0.5) is 5.69 Å². The molecular formula is C11H11Cl2NO2. The smallest absolute Gasteiger partial charge is 0.229 e. The van der Waals surface area contributed by atoms with Crippen molar-refractivity contribution in [2.75, 3.05) is 17.3 Å². The van der Waals surface area contributed by atoms with Gasteiger partial charge in [0, 0.05) is 23.5 Å². The molecule has 0 N–H and O–H groups in total. The average Bonchev–Trinajstić information content (AvgIpc) is 2.63. The van der Waals surface area contributed by atoms with Crippen LogP contribution in [0, 0.1) is 0 Å². The monoisotopic (exact) mass is 259 g/mol. The number of rotatable bonds is 4. The maximum absolute atomic E-state index is 10.9. The van der Waals surface area contributed by atoms with Crippen molar-refractivity contribution in [2.24, 2.45) is 0 Å². The molecule has 16 heavy (non-hydrogen) atoms. The molecule has 0 radical (unpaired) electrons. The third-order valence-corrected chi connectivity index (χ3v) is 2.94. The van der Waals surface area contributed by atoms with Crippen LogP contribution < -0.4 is 9.64 Å². The Labute approximate surface area is 104 Å². The van der Waals surface area contributed by atoms with Gasteiger partial charge < -0.3 is 9.64 Å². The molecule has 1 aliphatic heterocycles. The fourth-order valence-corrected chi connectivity index (χ4v) is 2.01. The molecule has 1 atom stereocenters. The molecule has 0 saturated heterocycles. The highest BCUT2D eigenvalue weighted by atomic mass is 35.5. The molecule has 1 aromatic rings. The topological polar surface area (TPSA) is 29.5 Å². The molecule has 5 heteroatoms. The zero-order valence-corrected chi connectivity index (χ0v) is 10.0. The Hall–Kier alpha value is -0.930. The molecule has 1 heterocycles. The molecule has 1 unspecified atom stereocenters. The molecule has 2 rings (SSSR count). The molecule has 3 nitrogen and oxygen atoms in total. The van der Waals surface area contributed by atoms with Gasteiger partial charge in [0.2, 0.25) is 6.23 Å². The van der Waals surface area contributed by atoms with Crippen LogP contribution in [0.25, 0.3) is 0 Å². The third-order valence-electron chi connectivity index (χ3n) is 2.44. The lowest BCUT2D eigenvalue weighted by atomic mass is 10.2. The Morgan fingerprint density at radius 2 is 2.31 bits per heavy atom. The van der Waals surface area contributed by atoms with E-state index < -0.39 is 6.23 Å². The van der Waals surface area contributed by atoms with E-state index >= 15 is 0 Å². The van der Waals surface area contributed by atoms with Crippen LogP contribution in [0.15, 0.2) is 18.2 Å². The Morgan fingerprint density at radius 1 is 1.50 bits per heavy atom. The maximum Gasteiger partial charge on any atom is 0.229 e. The first-order valence-corrected chi connectivity index (χ1v) is 5.91. The van der Waals surface area contributed by atoms with Crippen molar-refractivity contribution < 1.29 is 9.53 Å². The Morgan fingerprint density at radius 3 is 3.00 bits per heavy atom. The first-order chi connectivity index (χ1) is 7.76. The normalized spacial score (nSPS) is 18.1. The fourth-order valence-electron chi connectivity index (χ4n) is 1.73. The van der Waals surface area contributed by atoms with Gasteiger partial charge >= 0.3 is 0 Å². The summed E-state index contributed by atoms with van der Waals surface area (Å²) in [5.74, 6) is 1.21. The number of carbonyl (C=O) groups excluding carboxylic acids is 1. The number of anilines is 1. The summed E-state index contributed by atoms with van der Waals surface area (Å²) in [6, 6.07) is 5.36. The second-order valence-electron chi connectivity index (χ2n) is 3.49. The quantitative estimate of drug-likeness (QED) is 0.615. The van der Waals surface area contributed by atoms with Crippen molar-refractivity contribution in [3.05, 3.63) is 23.2 Å². The van der Waals surface area contributed by atoms with Gasteiger partial charge in [-0.2, -0.15) is 0 Å². The first kappa shape index (κ1) is 11.6. The number of benzene rings is 1. The largest absolute Gasteiger partial charge is 0.461 e. The van der Waals surface area contributed by atoms with Gasteiger partial charge in [0.15, 0.2) is 6.29 Å². The molecule has 0 bridgehead atoms. The van der Waals surface area contributed by atoms with E-state index in [1.54, 1.807) is 12.1 Å². The summed E-state index contributed by atoms with van der Waals surface area (Å²) >= 11 is 11.5. The van der Waals surface area contributed by atoms with Gasteiger partial charge in [-0.1, -0.05) is 11.6 Å². The highest BCUT2D eigenvalue weighted by Gasteiger charge is 2.29. The van der Waals surface area contributed by atoms with Crippen molar-refractivity contribution >= 4 is 35.2 Å². The zero-order chi connectivity index (χ0) is 11.5. The van der Waals surface area contributed by atoms with E-state index in [1.165, 1.54) is 0 Å². The number of alkyl halides is 1. The number of hydrogen-bond acceptors (Lipinski definition) is 3. The van der Waals surface area contributed by atoms with E-state index in [2.05, 4.69) is 0 Å². The van der Waals surface area contributed by atoms with Gasteiger partial charge in [0.25, 0.3) is 0 Å². The summed E-state index contributed by atoms with van der Waals surface area (Å²) in [5.41, 5.74) is 0.895. The molecule has 0 aromatic heterocycles. The van der Waals surface area contributed by atoms with Crippen LogP contribution in [0.1, 0.15) is 6.42 Å². The molecule has 0 spiro atoms. The van der Waals surface area contributed by atoms with Gasteiger partial charge in [0.05, 0.1) is 5.69 Å². The predicted octanol–water partition coefficient (Wildman–Crippen LogP) is 2.69. The van der Waals surface area contributed by atoms with Crippen molar-refractivity contribution in [1.29, 1.82) is 0 Å². The highest BCUT2D eigenvalue weighted by Crippen LogP contribution is 2.38. The van der Waals surface area contributed by atoms with E-state index in [0.29, 0.717) is 23.2 Å². The summed E-state index contributed by atoms with van der Waals surface area (Å²) in [6.07, 6.45) is 1.02. The Kier molecular flexibility index (Phi) is 3.56. The van der Waals surface area contributed by atoms with E-state index in [1.807, 2.05) is 11.0 Å². The molecule has 0 amide bonds. The predicted molar refractivity (Wildman–Crippen MR) is 64.6 cm³/mol. The van der Waals surface area contributed by atoms with Crippen molar-refractivity contribution in [3.8, 4) is 5.75 Å². The molecular weight excluding hydrogens is 249 g/mol. The Balaban J connectivity index is 2.26. The number of hydrogen-bond donors (Lipinski definition) is 0.